The van der Waals surface area contributed by atoms with Crippen LogP contribution in [0.5, 0.6) is 0 Å². The van der Waals surface area contributed by atoms with Gasteiger partial charge >= 0.3 is 0 Å². The number of allylic oxidation sites excluding steroid dienone is 1. The zero-order chi connectivity index (χ0) is 49.4. The summed E-state index contributed by atoms with van der Waals surface area (Å²) in [6.07, 6.45) is 6.68. The lowest BCUT2D eigenvalue weighted by Crippen LogP contribution is -2.03. The number of benzene rings is 10. The Bertz CT molecular complexity index is 4340. The Morgan fingerprint density at radius 2 is 0.707 bits per heavy atom. The Morgan fingerprint density at radius 1 is 0.280 bits per heavy atom. The Kier molecular flexibility index (Phi) is 9.99. The molecule has 0 spiro atoms. The molecule has 0 saturated heterocycles. The van der Waals surface area contributed by atoms with E-state index in [2.05, 4.69) is 281 Å². The second-order valence-corrected chi connectivity index (χ2v) is 19.8. The lowest BCUT2D eigenvalue weighted by atomic mass is 9.96. The van der Waals surface area contributed by atoms with Crippen molar-refractivity contribution in [2.45, 2.75) is 12.8 Å². The first kappa shape index (κ1) is 42.9. The van der Waals surface area contributed by atoms with Crippen molar-refractivity contribution in [1.82, 2.24) is 18.7 Å². The van der Waals surface area contributed by atoms with Gasteiger partial charge in [0.25, 0.3) is 0 Å². The Balaban J connectivity index is 0.939. The summed E-state index contributed by atoms with van der Waals surface area (Å²) in [4.78, 5) is 5.70. The summed E-state index contributed by atoms with van der Waals surface area (Å²) in [5.74, 6) is 0. The monoisotopic (exact) mass is 956 g/mol. The van der Waals surface area contributed by atoms with Crippen LogP contribution in [0.4, 0.5) is 0 Å². The molecule has 0 aliphatic heterocycles. The van der Waals surface area contributed by atoms with Crippen LogP contribution in [0.1, 0.15) is 17.7 Å². The van der Waals surface area contributed by atoms with E-state index >= 15 is 0 Å². The van der Waals surface area contributed by atoms with Crippen LogP contribution in [0.3, 0.4) is 0 Å². The van der Waals surface area contributed by atoms with Crippen LogP contribution >= 0.6 is 0 Å². The van der Waals surface area contributed by atoms with E-state index in [0.29, 0.717) is 0 Å². The highest BCUT2D eigenvalue weighted by atomic mass is 15.0. The van der Waals surface area contributed by atoms with E-state index in [-0.39, 0.29) is 0 Å². The van der Waals surface area contributed by atoms with Crippen molar-refractivity contribution < 1.29 is 0 Å². The molecule has 75 heavy (non-hydrogen) atoms. The molecule has 4 heterocycles. The molecule has 10 aromatic carbocycles. The summed E-state index contributed by atoms with van der Waals surface area (Å²) in [5.41, 5.74) is 22.7. The summed E-state index contributed by atoms with van der Waals surface area (Å²) < 4.78 is 7.33. The van der Waals surface area contributed by atoms with Crippen molar-refractivity contribution in [3.05, 3.63) is 272 Å². The topological polar surface area (TPSA) is 27.7 Å². The number of rotatable bonds is 8. The normalized spacial score (nSPS) is 12.4. The minimum absolute atomic E-state index is 0.894. The molecule has 14 aromatic rings. The summed E-state index contributed by atoms with van der Waals surface area (Å²) in [5, 5.41) is 6.20. The van der Waals surface area contributed by atoms with E-state index in [1.54, 1.807) is 0 Å². The van der Waals surface area contributed by atoms with Gasteiger partial charge in [0.1, 0.15) is 0 Å². The van der Waals surface area contributed by atoms with Gasteiger partial charge in [0.05, 0.1) is 39.0 Å². The van der Waals surface area contributed by atoms with Gasteiger partial charge in [-0.1, -0.05) is 188 Å². The minimum atomic E-state index is 0.894. The van der Waals surface area contributed by atoms with Gasteiger partial charge in [-0.25, -0.2) is 4.98 Å². The molecule has 0 amide bonds. The summed E-state index contributed by atoms with van der Waals surface area (Å²) >= 11 is 0. The fraction of sp³-hybridized carbons (Fsp3) is 0.0282. The average Bonchev–Trinajstić information content (AvgIpc) is 4.14. The maximum absolute atomic E-state index is 5.70. The molecule has 15 rings (SSSR count). The van der Waals surface area contributed by atoms with Gasteiger partial charge in [0.2, 0.25) is 0 Å². The molecule has 1 aliphatic carbocycles. The molecule has 0 fully saturated rings. The largest absolute Gasteiger partial charge is 0.313 e. The third-order valence-electron chi connectivity index (χ3n) is 15.5. The fourth-order valence-corrected chi connectivity index (χ4v) is 12.0. The van der Waals surface area contributed by atoms with Gasteiger partial charge in [0.15, 0.2) is 0 Å². The van der Waals surface area contributed by atoms with E-state index in [4.69, 9.17) is 4.98 Å². The average molecular weight is 957 g/mol. The molecule has 0 N–H and O–H groups in total. The number of pyridine rings is 1. The number of aromatic nitrogens is 4. The van der Waals surface area contributed by atoms with Crippen LogP contribution in [0.25, 0.3) is 134 Å². The van der Waals surface area contributed by atoms with Crippen LogP contribution < -0.4 is 0 Å². The van der Waals surface area contributed by atoms with Crippen molar-refractivity contribution in [1.29, 1.82) is 0 Å². The molecular formula is C71H48N4. The van der Waals surface area contributed by atoms with Crippen molar-refractivity contribution in [2.75, 3.05) is 0 Å². The number of nitrogens with zero attached hydrogens (tertiary/aromatic N) is 4. The third-order valence-corrected chi connectivity index (χ3v) is 15.5. The van der Waals surface area contributed by atoms with Crippen LogP contribution in [-0.2, 0) is 6.42 Å². The molecule has 4 aromatic heterocycles. The molecule has 0 atom stereocenters. The molecule has 4 heteroatoms. The summed E-state index contributed by atoms with van der Waals surface area (Å²) in [6.45, 7) is 0. The van der Waals surface area contributed by atoms with Gasteiger partial charge in [0, 0.05) is 66.4 Å². The maximum atomic E-state index is 5.70. The molecule has 0 radical (unpaired) electrons. The second-order valence-electron chi connectivity index (χ2n) is 19.8. The van der Waals surface area contributed by atoms with E-state index in [9.17, 15) is 0 Å². The molecule has 352 valence electrons. The Morgan fingerprint density at radius 3 is 1.29 bits per heavy atom. The van der Waals surface area contributed by atoms with Crippen molar-refractivity contribution in [2.24, 2.45) is 0 Å². The third kappa shape index (κ3) is 7.17. The molecule has 1 aliphatic rings. The first-order chi connectivity index (χ1) is 37.2. The highest BCUT2D eigenvalue weighted by Gasteiger charge is 2.21. The SMILES string of the molecule is C1=Cc2c(n(-c3cccc(-c4cccc(-c5cc(-c6ccc(-c7ccccc7)cc6)cc(-c6cc(-n7c8ccccc8c8ccccc87)cc(-n7c8ccccc8c8ccccc87)c6)n5)c4)c3)c3ccccc23)CC1. The Labute approximate surface area is 435 Å². The smallest absolute Gasteiger partial charge is 0.0717 e. The lowest BCUT2D eigenvalue weighted by molar-refractivity contribution is 0.889. The van der Waals surface area contributed by atoms with Gasteiger partial charge in [-0.15, -0.1) is 0 Å². The van der Waals surface area contributed by atoms with E-state index in [1.807, 2.05) is 0 Å². The van der Waals surface area contributed by atoms with Crippen molar-refractivity contribution in [3.63, 3.8) is 0 Å². The van der Waals surface area contributed by atoms with Crippen LogP contribution in [0.15, 0.2) is 261 Å². The molecule has 0 saturated carbocycles. The van der Waals surface area contributed by atoms with Crippen LogP contribution in [-0.4, -0.2) is 18.7 Å². The van der Waals surface area contributed by atoms with Gasteiger partial charge < -0.3 is 13.7 Å². The summed E-state index contributed by atoms with van der Waals surface area (Å²) in [7, 11) is 0. The molecular weight excluding hydrogens is 909 g/mol. The highest BCUT2D eigenvalue weighted by Crippen LogP contribution is 2.41. The zero-order valence-electron chi connectivity index (χ0n) is 41.1. The zero-order valence-corrected chi connectivity index (χ0v) is 41.1. The number of hydrogen-bond acceptors (Lipinski definition) is 1. The van der Waals surface area contributed by atoms with E-state index < -0.39 is 0 Å². The first-order valence-electron chi connectivity index (χ1n) is 26.0. The fourth-order valence-electron chi connectivity index (χ4n) is 12.0. The predicted molar refractivity (Wildman–Crippen MR) is 314 cm³/mol. The van der Waals surface area contributed by atoms with Crippen molar-refractivity contribution in [3.8, 4) is 73.0 Å². The number of hydrogen-bond donors (Lipinski definition) is 0. The number of para-hydroxylation sites is 5. The summed E-state index contributed by atoms with van der Waals surface area (Å²) in [6, 6.07) is 93.1. The maximum Gasteiger partial charge on any atom is 0.0717 e. The standard InChI is InChI=1S/C71H48N4/c1-2-18-47(19-3-1)48-36-38-49(39-37-48)53-44-64(52-22-16-20-50(40-52)51-21-17-23-55(41-51)73-66-30-10-4-24-58(66)59-25-5-11-31-67(59)73)72-65(45-53)54-42-56(74-68-32-12-6-26-60(68)61-27-7-13-33-69(61)74)46-57(43-54)75-70-34-14-8-28-62(70)63-29-9-15-35-71(63)75/h1-10,12-30,32-46H,11,31H2. The minimum Gasteiger partial charge on any atom is -0.313 e. The highest BCUT2D eigenvalue weighted by molar-refractivity contribution is 6.11. The first-order valence-corrected chi connectivity index (χ1v) is 26.0. The molecule has 0 bridgehead atoms. The van der Waals surface area contributed by atoms with E-state index in [0.717, 1.165) is 91.1 Å². The van der Waals surface area contributed by atoms with Gasteiger partial charge in [-0.2, -0.15) is 0 Å². The van der Waals surface area contributed by atoms with Crippen molar-refractivity contribution >= 4 is 60.6 Å². The second kappa shape index (κ2) is 17.5. The lowest BCUT2D eigenvalue weighted by Gasteiger charge is -2.17. The van der Waals surface area contributed by atoms with E-state index in [1.165, 1.54) is 60.5 Å². The number of fused-ring (bicyclic) bond motifs is 9. The van der Waals surface area contributed by atoms with Crippen LogP contribution in [0.2, 0.25) is 0 Å². The molecule has 0 unspecified atom stereocenters. The quantitative estimate of drug-likeness (QED) is 0.149. The Hall–Kier alpha value is -9.77. The predicted octanol–water partition coefficient (Wildman–Crippen LogP) is 18.5. The van der Waals surface area contributed by atoms with Crippen LogP contribution in [0, 0.1) is 0 Å². The van der Waals surface area contributed by atoms with Gasteiger partial charge in [-0.05, 0) is 125 Å². The molecule has 4 nitrogen and oxygen atoms in total. The van der Waals surface area contributed by atoms with Gasteiger partial charge in [-0.3, -0.25) is 0 Å².